The number of non-ortho nitro benzene ring substituents is 1. The van der Waals surface area contributed by atoms with Gasteiger partial charge in [0, 0.05) is 22.2 Å². The van der Waals surface area contributed by atoms with Crippen LogP contribution in [0.4, 0.5) is 5.69 Å². The van der Waals surface area contributed by atoms with Crippen LogP contribution in [0.5, 0.6) is 0 Å². The van der Waals surface area contributed by atoms with Crippen molar-refractivity contribution in [1.29, 1.82) is 0 Å². The van der Waals surface area contributed by atoms with Gasteiger partial charge in [-0.05, 0) is 18.2 Å². The van der Waals surface area contributed by atoms with Gasteiger partial charge in [0.25, 0.3) is 5.69 Å². The van der Waals surface area contributed by atoms with Crippen LogP contribution in [0.25, 0.3) is 11.3 Å². The molecule has 86 valence electrons. The Balaban J connectivity index is 2.53. The lowest BCUT2D eigenvalue weighted by Gasteiger charge is -2.00. The van der Waals surface area contributed by atoms with Crippen molar-refractivity contribution in [1.82, 2.24) is 0 Å². The minimum Gasteiger partial charge on any atom is -0.453 e. The highest BCUT2D eigenvalue weighted by atomic mass is 79.9. The molecule has 0 fully saturated rings. The highest BCUT2D eigenvalue weighted by Gasteiger charge is 2.13. The standard InChI is InChI=1S/C11H6BrNO4/c12-10-3-1-7(13(15)16)5-9(10)11-4-2-8(6-14)17-11/h1-6H. The highest BCUT2D eigenvalue weighted by Crippen LogP contribution is 2.32. The molecule has 5 nitrogen and oxygen atoms in total. The minimum atomic E-state index is -0.487. The van der Waals surface area contributed by atoms with Crippen molar-refractivity contribution in [3.8, 4) is 11.3 Å². The molecule has 0 spiro atoms. The molecule has 0 saturated heterocycles. The van der Waals surface area contributed by atoms with E-state index in [1.165, 1.54) is 18.2 Å². The molecule has 1 aromatic heterocycles. The van der Waals surface area contributed by atoms with Gasteiger partial charge < -0.3 is 4.42 Å². The molecule has 0 radical (unpaired) electrons. The Morgan fingerprint density at radius 1 is 1.29 bits per heavy atom. The molecule has 0 aliphatic rings. The quantitative estimate of drug-likeness (QED) is 0.494. The van der Waals surface area contributed by atoms with E-state index in [1.54, 1.807) is 12.1 Å². The van der Waals surface area contributed by atoms with Gasteiger partial charge in [0.15, 0.2) is 12.0 Å². The number of carbonyl (C=O) groups excluding carboxylic acids is 1. The summed E-state index contributed by atoms with van der Waals surface area (Å²) >= 11 is 3.28. The monoisotopic (exact) mass is 295 g/mol. The van der Waals surface area contributed by atoms with Crippen molar-refractivity contribution in [2.75, 3.05) is 0 Å². The van der Waals surface area contributed by atoms with Gasteiger partial charge in [0.2, 0.25) is 0 Å². The predicted molar refractivity (Wildman–Crippen MR) is 63.9 cm³/mol. The fourth-order valence-electron chi connectivity index (χ4n) is 1.38. The molecule has 1 aromatic carbocycles. The van der Waals surface area contributed by atoms with Crippen LogP contribution in [0, 0.1) is 10.1 Å². The summed E-state index contributed by atoms with van der Waals surface area (Å²) in [7, 11) is 0. The number of hydrogen-bond donors (Lipinski definition) is 0. The Hall–Kier alpha value is -1.95. The van der Waals surface area contributed by atoms with Gasteiger partial charge in [-0.15, -0.1) is 0 Å². The number of benzene rings is 1. The normalized spacial score (nSPS) is 10.2. The maximum atomic E-state index is 10.7. The van der Waals surface area contributed by atoms with Crippen molar-refractivity contribution >= 4 is 27.9 Å². The second-order valence-electron chi connectivity index (χ2n) is 3.24. The van der Waals surface area contributed by atoms with Gasteiger partial charge in [-0.25, -0.2) is 0 Å². The number of hydrogen-bond acceptors (Lipinski definition) is 4. The molecule has 0 amide bonds. The van der Waals surface area contributed by atoms with Crippen LogP contribution in [0.3, 0.4) is 0 Å². The topological polar surface area (TPSA) is 73.3 Å². The molecule has 17 heavy (non-hydrogen) atoms. The van der Waals surface area contributed by atoms with Crippen LogP contribution in [0.1, 0.15) is 10.6 Å². The first kappa shape index (κ1) is 11.5. The third-order valence-corrected chi connectivity index (χ3v) is 2.86. The molecule has 0 atom stereocenters. The maximum absolute atomic E-state index is 10.7. The molecule has 2 rings (SSSR count). The Labute approximate surface area is 104 Å². The van der Waals surface area contributed by atoms with Crippen LogP contribution in [0.2, 0.25) is 0 Å². The van der Waals surface area contributed by atoms with Gasteiger partial charge in [0.1, 0.15) is 5.76 Å². The lowest BCUT2D eigenvalue weighted by atomic mass is 10.1. The first-order valence-electron chi connectivity index (χ1n) is 4.61. The lowest BCUT2D eigenvalue weighted by Crippen LogP contribution is -1.88. The van der Waals surface area contributed by atoms with E-state index in [1.807, 2.05) is 0 Å². The molecule has 0 bridgehead atoms. The van der Waals surface area contributed by atoms with Crippen molar-refractivity contribution in [2.24, 2.45) is 0 Å². The Morgan fingerprint density at radius 2 is 2.06 bits per heavy atom. The third-order valence-electron chi connectivity index (χ3n) is 2.17. The maximum Gasteiger partial charge on any atom is 0.270 e. The number of nitro benzene ring substituents is 1. The number of carbonyl (C=O) groups is 1. The van der Waals surface area contributed by atoms with E-state index in [2.05, 4.69) is 15.9 Å². The number of rotatable bonds is 3. The lowest BCUT2D eigenvalue weighted by molar-refractivity contribution is -0.384. The minimum absolute atomic E-state index is 0.0350. The number of furan rings is 1. The summed E-state index contributed by atoms with van der Waals surface area (Å²) in [5.74, 6) is 0.584. The SMILES string of the molecule is O=Cc1ccc(-c2cc([N+](=O)[O-])ccc2Br)o1. The fourth-order valence-corrected chi connectivity index (χ4v) is 1.82. The number of halogens is 1. The zero-order valence-corrected chi connectivity index (χ0v) is 10.0. The summed E-state index contributed by atoms with van der Waals surface area (Å²) in [4.78, 5) is 20.7. The van der Waals surface area contributed by atoms with Crippen LogP contribution in [0.15, 0.2) is 39.2 Å². The molecule has 0 saturated carbocycles. The summed E-state index contributed by atoms with van der Waals surface area (Å²) in [6, 6.07) is 7.44. The van der Waals surface area contributed by atoms with E-state index >= 15 is 0 Å². The van der Waals surface area contributed by atoms with Crippen LogP contribution >= 0.6 is 15.9 Å². The van der Waals surface area contributed by atoms with E-state index in [0.717, 1.165) is 0 Å². The first-order chi connectivity index (χ1) is 8.11. The number of aldehydes is 1. The molecular weight excluding hydrogens is 290 g/mol. The van der Waals surface area contributed by atoms with Crippen molar-refractivity contribution in [3.05, 3.63) is 50.7 Å². The molecule has 0 aliphatic carbocycles. The third kappa shape index (κ3) is 2.26. The number of nitrogens with zero attached hydrogens (tertiary/aromatic N) is 1. The summed E-state index contributed by atoms with van der Waals surface area (Å²) in [5, 5.41) is 10.7. The predicted octanol–water partition coefficient (Wildman–Crippen LogP) is 3.43. The molecule has 0 unspecified atom stereocenters. The highest BCUT2D eigenvalue weighted by molar-refractivity contribution is 9.10. The van der Waals surface area contributed by atoms with E-state index in [4.69, 9.17) is 4.42 Å². The molecular formula is C11H6BrNO4. The van der Waals surface area contributed by atoms with Crippen molar-refractivity contribution < 1.29 is 14.1 Å². The van der Waals surface area contributed by atoms with Gasteiger partial charge in [-0.2, -0.15) is 0 Å². The summed E-state index contributed by atoms with van der Waals surface area (Å²) in [5.41, 5.74) is 0.500. The smallest absolute Gasteiger partial charge is 0.270 e. The second kappa shape index (κ2) is 4.50. The fraction of sp³-hybridized carbons (Fsp3) is 0. The van der Waals surface area contributed by atoms with E-state index in [0.29, 0.717) is 22.1 Å². The average Bonchev–Trinajstić information content (AvgIpc) is 2.77. The van der Waals surface area contributed by atoms with E-state index in [-0.39, 0.29) is 11.4 Å². The average molecular weight is 296 g/mol. The van der Waals surface area contributed by atoms with Gasteiger partial charge in [-0.1, -0.05) is 15.9 Å². The van der Waals surface area contributed by atoms with Crippen molar-refractivity contribution in [2.45, 2.75) is 0 Å². The van der Waals surface area contributed by atoms with E-state index < -0.39 is 4.92 Å². The summed E-state index contributed by atoms with van der Waals surface area (Å²) < 4.78 is 5.88. The molecule has 2 aromatic rings. The van der Waals surface area contributed by atoms with Gasteiger partial charge in [0.05, 0.1) is 4.92 Å². The molecule has 1 heterocycles. The Kier molecular flexibility index (Phi) is 3.06. The van der Waals surface area contributed by atoms with Gasteiger partial charge in [-0.3, -0.25) is 14.9 Å². The molecule has 0 N–H and O–H groups in total. The van der Waals surface area contributed by atoms with Crippen LogP contribution < -0.4 is 0 Å². The van der Waals surface area contributed by atoms with Crippen molar-refractivity contribution in [3.63, 3.8) is 0 Å². The molecule has 6 heteroatoms. The Bertz CT molecular complexity index is 591. The number of nitro groups is 1. The summed E-state index contributed by atoms with van der Waals surface area (Å²) in [6.45, 7) is 0. The zero-order chi connectivity index (χ0) is 12.4. The largest absolute Gasteiger partial charge is 0.453 e. The second-order valence-corrected chi connectivity index (χ2v) is 4.10. The van der Waals surface area contributed by atoms with E-state index in [9.17, 15) is 14.9 Å². The first-order valence-corrected chi connectivity index (χ1v) is 5.40. The van der Waals surface area contributed by atoms with Crippen LogP contribution in [-0.2, 0) is 0 Å². The molecule has 0 aliphatic heterocycles. The van der Waals surface area contributed by atoms with Gasteiger partial charge >= 0.3 is 0 Å². The zero-order valence-electron chi connectivity index (χ0n) is 8.42. The van der Waals surface area contributed by atoms with Crippen LogP contribution in [-0.4, -0.2) is 11.2 Å². The Morgan fingerprint density at radius 3 is 2.65 bits per heavy atom. The summed E-state index contributed by atoms with van der Waals surface area (Å²) in [6.07, 6.45) is 0.578.